The number of ketones is 1. The van der Waals surface area contributed by atoms with Crippen molar-refractivity contribution in [2.45, 2.75) is 6.42 Å². The Labute approximate surface area is 185 Å². The lowest BCUT2D eigenvalue weighted by molar-refractivity contribution is -0.133. The van der Waals surface area contributed by atoms with Gasteiger partial charge in [-0.2, -0.15) is 0 Å². The molecule has 0 radical (unpaired) electrons. The van der Waals surface area contributed by atoms with Crippen LogP contribution in [0.15, 0.2) is 72.6 Å². The summed E-state index contributed by atoms with van der Waals surface area (Å²) >= 11 is 0. The Morgan fingerprint density at radius 3 is 2.41 bits per heavy atom. The van der Waals surface area contributed by atoms with Crippen LogP contribution in [-0.4, -0.2) is 37.7 Å². The standard InChI is InChI=1S/C25H21NO6/c1-29-19-8-5-17(6-9-19)24(27)20(12-16-4-3-11-26-14-16)23(25(28)30-2)18-7-10-21-22(13-18)32-15-31-21/h3-11,13-14H,12,15H2,1-2H3/b23-20-. The highest BCUT2D eigenvalue weighted by molar-refractivity contribution is 6.27. The van der Waals surface area contributed by atoms with Crippen molar-refractivity contribution < 1.29 is 28.5 Å². The zero-order chi connectivity index (χ0) is 22.5. The monoisotopic (exact) mass is 431 g/mol. The van der Waals surface area contributed by atoms with Crippen molar-refractivity contribution >= 4 is 17.3 Å². The van der Waals surface area contributed by atoms with Gasteiger partial charge in [0, 0.05) is 30.0 Å². The number of hydrogen-bond acceptors (Lipinski definition) is 7. The van der Waals surface area contributed by atoms with Gasteiger partial charge in [0.05, 0.1) is 19.8 Å². The maximum Gasteiger partial charge on any atom is 0.338 e. The minimum atomic E-state index is -0.621. The third-order valence-corrected chi connectivity index (χ3v) is 5.08. The number of benzene rings is 2. The van der Waals surface area contributed by atoms with E-state index in [1.165, 1.54) is 7.11 Å². The lowest BCUT2D eigenvalue weighted by Crippen LogP contribution is -2.15. The second-order valence-corrected chi connectivity index (χ2v) is 7.01. The highest BCUT2D eigenvalue weighted by Crippen LogP contribution is 2.36. The number of esters is 1. The van der Waals surface area contributed by atoms with E-state index in [4.69, 9.17) is 18.9 Å². The summed E-state index contributed by atoms with van der Waals surface area (Å²) in [4.78, 5) is 30.7. The summed E-state index contributed by atoms with van der Waals surface area (Å²) in [5, 5.41) is 0. The molecule has 0 aliphatic carbocycles. The third-order valence-electron chi connectivity index (χ3n) is 5.08. The van der Waals surface area contributed by atoms with Gasteiger partial charge in [0.25, 0.3) is 0 Å². The molecule has 0 saturated heterocycles. The molecule has 1 aliphatic rings. The van der Waals surface area contributed by atoms with E-state index in [0.29, 0.717) is 28.4 Å². The maximum atomic E-state index is 13.6. The molecular weight excluding hydrogens is 410 g/mol. The fourth-order valence-electron chi connectivity index (χ4n) is 3.48. The van der Waals surface area contributed by atoms with Crippen LogP contribution in [0.5, 0.6) is 17.2 Å². The van der Waals surface area contributed by atoms with Crippen molar-refractivity contribution in [3.63, 3.8) is 0 Å². The lowest BCUT2D eigenvalue weighted by Gasteiger charge is -2.15. The van der Waals surface area contributed by atoms with Crippen molar-refractivity contribution in [3.05, 3.63) is 89.3 Å². The summed E-state index contributed by atoms with van der Waals surface area (Å²) in [6.45, 7) is 0.101. The van der Waals surface area contributed by atoms with Crippen molar-refractivity contribution in [1.82, 2.24) is 4.98 Å². The first-order valence-corrected chi connectivity index (χ1v) is 9.90. The van der Waals surface area contributed by atoms with Crippen LogP contribution in [0.1, 0.15) is 21.5 Å². The van der Waals surface area contributed by atoms with E-state index in [-0.39, 0.29) is 30.1 Å². The van der Waals surface area contributed by atoms with E-state index in [1.54, 1.807) is 68.0 Å². The van der Waals surface area contributed by atoms with Gasteiger partial charge in [-0.3, -0.25) is 9.78 Å². The minimum Gasteiger partial charge on any atom is -0.497 e. The molecule has 0 N–H and O–H groups in total. The Morgan fingerprint density at radius 2 is 1.72 bits per heavy atom. The molecule has 2 aromatic carbocycles. The SMILES string of the molecule is COC(=O)/C(=C(/Cc1cccnc1)C(=O)c1ccc(OC)cc1)c1ccc2c(c1)OCO2. The third kappa shape index (κ3) is 4.32. The molecule has 0 saturated carbocycles. The minimum absolute atomic E-state index is 0.101. The normalized spacial score (nSPS) is 12.7. The molecule has 1 aromatic heterocycles. The highest BCUT2D eigenvalue weighted by Gasteiger charge is 2.26. The molecule has 7 nitrogen and oxygen atoms in total. The number of rotatable bonds is 7. The van der Waals surface area contributed by atoms with Gasteiger partial charge in [0.2, 0.25) is 6.79 Å². The van der Waals surface area contributed by atoms with Crippen LogP contribution in [-0.2, 0) is 16.0 Å². The molecule has 3 aromatic rings. The van der Waals surface area contributed by atoms with Crippen molar-refractivity contribution in [1.29, 1.82) is 0 Å². The summed E-state index contributed by atoms with van der Waals surface area (Å²) in [5.41, 5.74) is 2.16. The Bertz CT molecular complexity index is 1170. The zero-order valence-corrected chi connectivity index (χ0v) is 17.7. The molecule has 0 amide bonds. The molecule has 162 valence electrons. The fourth-order valence-corrected chi connectivity index (χ4v) is 3.48. The van der Waals surface area contributed by atoms with Crippen LogP contribution < -0.4 is 14.2 Å². The van der Waals surface area contributed by atoms with Crippen molar-refractivity contribution in [3.8, 4) is 17.2 Å². The number of methoxy groups -OCH3 is 2. The predicted molar refractivity (Wildman–Crippen MR) is 117 cm³/mol. The lowest BCUT2D eigenvalue weighted by atomic mass is 9.89. The molecule has 32 heavy (non-hydrogen) atoms. The number of fused-ring (bicyclic) bond motifs is 1. The number of Topliss-reactive ketones (excluding diaryl/α,β-unsaturated/α-hetero) is 1. The van der Waals surface area contributed by atoms with Crippen LogP contribution in [0.3, 0.4) is 0 Å². The summed E-state index contributed by atoms with van der Waals surface area (Å²) in [7, 11) is 2.84. The number of hydrogen-bond donors (Lipinski definition) is 0. The van der Waals surface area contributed by atoms with Crippen molar-refractivity contribution in [2.75, 3.05) is 21.0 Å². The highest BCUT2D eigenvalue weighted by atomic mass is 16.7. The first-order valence-electron chi connectivity index (χ1n) is 9.90. The summed E-state index contributed by atoms with van der Waals surface area (Å²) in [6, 6.07) is 15.5. The Balaban J connectivity index is 1.88. The second kappa shape index (κ2) is 9.34. The molecule has 7 heteroatoms. The van der Waals surface area contributed by atoms with Gasteiger partial charge in [-0.15, -0.1) is 0 Å². The predicted octanol–water partition coefficient (Wildman–Crippen LogP) is 3.87. The number of carbonyl (C=O) groups excluding carboxylic acids is 2. The summed E-state index contributed by atoms with van der Waals surface area (Å²) < 4.78 is 21.1. The number of ether oxygens (including phenoxy) is 4. The zero-order valence-electron chi connectivity index (χ0n) is 17.7. The van der Waals surface area contributed by atoms with Gasteiger partial charge in [0.15, 0.2) is 17.3 Å². The van der Waals surface area contributed by atoms with E-state index in [9.17, 15) is 9.59 Å². The van der Waals surface area contributed by atoms with E-state index >= 15 is 0 Å². The van der Waals surface area contributed by atoms with E-state index < -0.39 is 5.97 Å². The van der Waals surface area contributed by atoms with Crippen LogP contribution in [0, 0.1) is 0 Å². The summed E-state index contributed by atoms with van der Waals surface area (Å²) in [5.74, 6) is 0.789. The Kier molecular flexibility index (Phi) is 6.17. The summed E-state index contributed by atoms with van der Waals surface area (Å²) in [6.07, 6.45) is 3.50. The molecule has 0 bridgehead atoms. The molecule has 2 heterocycles. The topological polar surface area (TPSA) is 84.0 Å². The van der Waals surface area contributed by atoms with Crippen LogP contribution in [0.2, 0.25) is 0 Å². The smallest absolute Gasteiger partial charge is 0.338 e. The van der Waals surface area contributed by atoms with Gasteiger partial charge < -0.3 is 18.9 Å². The number of carbonyl (C=O) groups is 2. The maximum absolute atomic E-state index is 13.6. The number of pyridine rings is 1. The number of allylic oxidation sites excluding steroid dienone is 1. The van der Waals surface area contributed by atoms with Gasteiger partial charge in [-0.25, -0.2) is 4.79 Å². The van der Waals surface area contributed by atoms with E-state index in [0.717, 1.165) is 5.56 Å². The van der Waals surface area contributed by atoms with Gasteiger partial charge in [0.1, 0.15) is 5.75 Å². The first-order chi connectivity index (χ1) is 15.6. The van der Waals surface area contributed by atoms with Gasteiger partial charge in [-0.05, 0) is 53.6 Å². The largest absolute Gasteiger partial charge is 0.497 e. The number of nitrogens with zero attached hydrogens (tertiary/aromatic N) is 1. The molecule has 1 aliphatic heterocycles. The molecule has 0 fully saturated rings. The van der Waals surface area contributed by atoms with E-state index in [1.807, 2.05) is 6.07 Å². The van der Waals surface area contributed by atoms with Crippen LogP contribution in [0.4, 0.5) is 0 Å². The average molecular weight is 431 g/mol. The molecular formula is C25H21NO6. The molecule has 0 unspecified atom stereocenters. The molecule has 0 spiro atoms. The quantitative estimate of drug-likeness (QED) is 0.319. The van der Waals surface area contributed by atoms with Crippen LogP contribution >= 0.6 is 0 Å². The van der Waals surface area contributed by atoms with Crippen molar-refractivity contribution in [2.24, 2.45) is 0 Å². The number of aromatic nitrogens is 1. The first kappa shape index (κ1) is 21.1. The Hall–Kier alpha value is -4.13. The molecule has 0 atom stereocenters. The van der Waals surface area contributed by atoms with Gasteiger partial charge in [-0.1, -0.05) is 12.1 Å². The van der Waals surface area contributed by atoms with Gasteiger partial charge >= 0.3 is 5.97 Å². The fraction of sp³-hybridized carbons (Fsp3) is 0.160. The van der Waals surface area contributed by atoms with Crippen LogP contribution in [0.25, 0.3) is 5.57 Å². The Morgan fingerprint density at radius 1 is 0.969 bits per heavy atom. The van der Waals surface area contributed by atoms with E-state index in [2.05, 4.69) is 4.98 Å². The average Bonchev–Trinajstić information content (AvgIpc) is 3.32. The molecule has 4 rings (SSSR count). The second-order valence-electron chi connectivity index (χ2n) is 7.01.